The second-order valence-electron chi connectivity index (χ2n) is 5.74. The first-order valence-electron chi connectivity index (χ1n) is 7.86. The summed E-state index contributed by atoms with van der Waals surface area (Å²) in [5, 5.41) is 9.73. The Morgan fingerprint density at radius 2 is 2.16 bits per heavy atom. The molecule has 0 amide bonds. The highest BCUT2D eigenvalue weighted by Gasteiger charge is 2.16. The highest BCUT2D eigenvalue weighted by Crippen LogP contribution is 2.25. The SMILES string of the molecule is Fc1ccc(Nc2ncnc3cnc(NC4CCNC4)nc23)cc1Cl. The minimum atomic E-state index is -0.473. The molecule has 0 saturated carbocycles. The molecular formula is C16H15ClFN7. The van der Waals surface area contributed by atoms with Crippen molar-refractivity contribution in [2.45, 2.75) is 12.5 Å². The number of halogens is 2. The van der Waals surface area contributed by atoms with Crippen LogP contribution in [0.25, 0.3) is 11.0 Å². The van der Waals surface area contributed by atoms with Gasteiger partial charge in [-0.05, 0) is 31.2 Å². The molecule has 1 atom stereocenters. The molecule has 1 aliphatic rings. The molecule has 1 fully saturated rings. The fourth-order valence-electron chi connectivity index (χ4n) is 2.69. The molecule has 0 spiro atoms. The van der Waals surface area contributed by atoms with E-state index in [2.05, 4.69) is 35.9 Å². The van der Waals surface area contributed by atoms with Gasteiger partial charge in [0.25, 0.3) is 0 Å². The van der Waals surface area contributed by atoms with Gasteiger partial charge in [-0.3, -0.25) is 0 Å². The topological polar surface area (TPSA) is 87.7 Å². The first-order chi connectivity index (χ1) is 12.2. The van der Waals surface area contributed by atoms with Crippen LogP contribution in [0.5, 0.6) is 0 Å². The van der Waals surface area contributed by atoms with E-state index < -0.39 is 5.82 Å². The van der Waals surface area contributed by atoms with Crippen molar-refractivity contribution in [3.63, 3.8) is 0 Å². The second kappa shape index (κ2) is 6.73. The molecule has 9 heteroatoms. The summed E-state index contributed by atoms with van der Waals surface area (Å²) in [6.45, 7) is 1.86. The number of anilines is 3. The summed E-state index contributed by atoms with van der Waals surface area (Å²) in [6, 6.07) is 4.67. The zero-order chi connectivity index (χ0) is 17.2. The van der Waals surface area contributed by atoms with Crippen molar-refractivity contribution in [3.8, 4) is 0 Å². The highest BCUT2D eigenvalue weighted by molar-refractivity contribution is 6.31. The minimum absolute atomic E-state index is 0.0362. The molecule has 128 valence electrons. The Morgan fingerprint density at radius 1 is 1.24 bits per heavy atom. The molecule has 0 aliphatic carbocycles. The van der Waals surface area contributed by atoms with E-state index in [4.69, 9.17) is 11.6 Å². The lowest BCUT2D eigenvalue weighted by molar-refractivity contribution is 0.628. The van der Waals surface area contributed by atoms with Crippen LogP contribution in [-0.4, -0.2) is 39.1 Å². The van der Waals surface area contributed by atoms with E-state index in [1.54, 1.807) is 12.3 Å². The third-order valence-corrected chi connectivity index (χ3v) is 4.24. The van der Waals surface area contributed by atoms with Crippen molar-refractivity contribution < 1.29 is 4.39 Å². The van der Waals surface area contributed by atoms with Gasteiger partial charge in [0.1, 0.15) is 23.2 Å². The van der Waals surface area contributed by atoms with E-state index >= 15 is 0 Å². The molecular weight excluding hydrogens is 345 g/mol. The van der Waals surface area contributed by atoms with Gasteiger partial charge in [-0.15, -0.1) is 0 Å². The number of aromatic nitrogens is 4. The summed E-state index contributed by atoms with van der Waals surface area (Å²) in [6.07, 6.45) is 4.09. The molecule has 3 heterocycles. The average molecular weight is 360 g/mol. The van der Waals surface area contributed by atoms with Crippen LogP contribution in [0.3, 0.4) is 0 Å². The molecule has 4 rings (SSSR count). The van der Waals surface area contributed by atoms with E-state index in [-0.39, 0.29) is 5.02 Å². The van der Waals surface area contributed by atoms with E-state index in [0.29, 0.717) is 34.5 Å². The third-order valence-electron chi connectivity index (χ3n) is 3.95. The lowest BCUT2D eigenvalue weighted by Gasteiger charge is -2.12. The maximum atomic E-state index is 13.3. The van der Waals surface area contributed by atoms with Gasteiger partial charge in [-0.25, -0.2) is 24.3 Å². The van der Waals surface area contributed by atoms with Crippen molar-refractivity contribution in [3.05, 3.63) is 41.6 Å². The third kappa shape index (κ3) is 3.45. The highest BCUT2D eigenvalue weighted by atomic mass is 35.5. The summed E-state index contributed by atoms with van der Waals surface area (Å²) >= 11 is 5.83. The van der Waals surface area contributed by atoms with Crippen molar-refractivity contribution in [2.24, 2.45) is 0 Å². The van der Waals surface area contributed by atoms with E-state index in [9.17, 15) is 4.39 Å². The minimum Gasteiger partial charge on any atom is -0.350 e. The van der Waals surface area contributed by atoms with Crippen LogP contribution in [0.4, 0.5) is 21.8 Å². The van der Waals surface area contributed by atoms with Gasteiger partial charge < -0.3 is 16.0 Å². The van der Waals surface area contributed by atoms with Gasteiger partial charge in [-0.2, -0.15) is 0 Å². The molecule has 7 nitrogen and oxygen atoms in total. The molecule has 0 radical (unpaired) electrons. The van der Waals surface area contributed by atoms with Crippen molar-refractivity contribution in [1.82, 2.24) is 25.3 Å². The Hall–Kier alpha value is -2.58. The Morgan fingerprint density at radius 3 is 2.96 bits per heavy atom. The monoisotopic (exact) mass is 359 g/mol. The van der Waals surface area contributed by atoms with Crippen LogP contribution in [0.2, 0.25) is 5.02 Å². The Balaban J connectivity index is 1.66. The molecule has 0 bridgehead atoms. The summed E-state index contributed by atoms with van der Waals surface area (Å²) < 4.78 is 13.3. The average Bonchev–Trinajstić information content (AvgIpc) is 3.12. The largest absolute Gasteiger partial charge is 0.350 e. The first kappa shape index (κ1) is 15.9. The molecule has 1 aromatic carbocycles. The van der Waals surface area contributed by atoms with Crippen LogP contribution in [-0.2, 0) is 0 Å². The number of nitrogens with one attached hydrogen (secondary N) is 3. The molecule has 1 saturated heterocycles. The van der Waals surface area contributed by atoms with E-state index in [0.717, 1.165) is 19.5 Å². The van der Waals surface area contributed by atoms with Crippen LogP contribution in [0.1, 0.15) is 6.42 Å². The first-order valence-corrected chi connectivity index (χ1v) is 8.24. The number of rotatable bonds is 4. The quantitative estimate of drug-likeness (QED) is 0.660. The molecule has 25 heavy (non-hydrogen) atoms. The van der Waals surface area contributed by atoms with Crippen molar-refractivity contribution in [1.29, 1.82) is 0 Å². The molecule has 1 aliphatic heterocycles. The second-order valence-corrected chi connectivity index (χ2v) is 6.14. The lowest BCUT2D eigenvalue weighted by atomic mass is 10.3. The van der Waals surface area contributed by atoms with Crippen LogP contribution in [0, 0.1) is 5.82 Å². The fraction of sp³-hybridized carbons (Fsp3) is 0.250. The Bertz CT molecular complexity index is 914. The lowest BCUT2D eigenvalue weighted by Crippen LogP contribution is -2.23. The number of fused-ring (bicyclic) bond motifs is 1. The standard InChI is InChI=1S/C16H15ClFN7/c17-11-5-9(1-2-12(11)18)23-15-14-13(21-8-22-15)7-20-16(25-14)24-10-3-4-19-6-10/h1-2,5,7-8,10,19H,3-4,6H2,(H,20,24,25)(H,21,22,23). The van der Waals surface area contributed by atoms with Gasteiger partial charge in [0.05, 0.1) is 11.2 Å². The molecule has 1 unspecified atom stereocenters. The number of benzene rings is 1. The van der Waals surface area contributed by atoms with Gasteiger partial charge in [-0.1, -0.05) is 11.6 Å². The summed E-state index contributed by atoms with van der Waals surface area (Å²) in [7, 11) is 0. The van der Waals surface area contributed by atoms with Crippen molar-refractivity contribution >= 4 is 40.1 Å². The van der Waals surface area contributed by atoms with Crippen LogP contribution < -0.4 is 16.0 Å². The predicted molar refractivity (Wildman–Crippen MR) is 94.7 cm³/mol. The Kier molecular flexibility index (Phi) is 4.29. The zero-order valence-electron chi connectivity index (χ0n) is 13.1. The van der Waals surface area contributed by atoms with Gasteiger partial charge >= 0.3 is 0 Å². The van der Waals surface area contributed by atoms with Crippen LogP contribution >= 0.6 is 11.6 Å². The van der Waals surface area contributed by atoms with Gasteiger partial charge in [0.15, 0.2) is 5.82 Å². The number of hydrogen-bond donors (Lipinski definition) is 3. The number of nitrogens with zero attached hydrogens (tertiary/aromatic N) is 4. The molecule has 3 aromatic rings. The van der Waals surface area contributed by atoms with Crippen LogP contribution in [0.15, 0.2) is 30.7 Å². The maximum absolute atomic E-state index is 13.3. The normalized spacial score (nSPS) is 17.0. The maximum Gasteiger partial charge on any atom is 0.223 e. The van der Waals surface area contributed by atoms with Crippen molar-refractivity contribution in [2.75, 3.05) is 23.7 Å². The summed E-state index contributed by atoms with van der Waals surface area (Å²) in [4.78, 5) is 17.3. The van der Waals surface area contributed by atoms with Gasteiger partial charge in [0, 0.05) is 18.3 Å². The fourth-order valence-corrected chi connectivity index (χ4v) is 2.87. The Labute approximate surface area is 148 Å². The van der Waals surface area contributed by atoms with Gasteiger partial charge in [0.2, 0.25) is 5.95 Å². The van der Waals surface area contributed by atoms with E-state index in [1.807, 2.05) is 0 Å². The molecule has 3 N–H and O–H groups in total. The zero-order valence-corrected chi connectivity index (χ0v) is 13.9. The van der Waals surface area contributed by atoms with E-state index in [1.165, 1.54) is 18.5 Å². The predicted octanol–water partition coefficient (Wildman–Crippen LogP) is 2.73. The summed E-state index contributed by atoms with van der Waals surface area (Å²) in [5.74, 6) is 0.553. The molecule has 2 aromatic heterocycles. The smallest absolute Gasteiger partial charge is 0.223 e. The summed E-state index contributed by atoms with van der Waals surface area (Å²) in [5.41, 5.74) is 1.80. The number of hydrogen-bond acceptors (Lipinski definition) is 7.